The van der Waals surface area contributed by atoms with E-state index in [2.05, 4.69) is 22.6 Å². The second-order valence-corrected chi connectivity index (χ2v) is 4.61. The van der Waals surface area contributed by atoms with Gasteiger partial charge < -0.3 is 10.5 Å². The molecule has 2 nitrogen and oxygen atoms in total. The Morgan fingerprint density at radius 3 is 2.41 bits per heavy atom. The van der Waals surface area contributed by atoms with E-state index in [1.54, 1.807) is 12.1 Å². The van der Waals surface area contributed by atoms with Gasteiger partial charge in [-0.05, 0) is 52.9 Å². The predicted octanol–water partition coefficient (Wildman–Crippen LogP) is 3.94. The number of ether oxygens (including phenoxy) is 1. The van der Waals surface area contributed by atoms with Crippen molar-refractivity contribution in [3.8, 4) is 11.5 Å². The molecule has 0 aromatic heterocycles. The van der Waals surface area contributed by atoms with Crippen molar-refractivity contribution in [3.63, 3.8) is 0 Å². The first-order valence-corrected chi connectivity index (χ1v) is 5.82. The number of benzene rings is 2. The lowest BCUT2D eigenvalue weighted by molar-refractivity contribution is 0.463. The molecule has 5 heteroatoms. The molecule has 0 amide bonds. The highest BCUT2D eigenvalue weighted by Crippen LogP contribution is 2.29. The van der Waals surface area contributed by atoms with Crippen molar-refractivity contribution < 1.29 is 13.5 Å². The van der Waals surface area contributed by atoms with Crippen molar-refractivity contribution in [2.75, 3.05) is 5.73 Å². The van der Waals surface area contributed by atoms with Gasteiger partial charge in [0.15, 0.2) is 11.6 Å². The van der Waals surface area contributed by atoms with Crippen LogP contribution in [0.15, 0.2) is 36.4 Å². The van der Waals surface area contributed by atoms with Crippen LogP contribution in [0.25, 0.3) is 0 Å². The van der Waals surface area contributed by atoms with Gasteiger partial charge in [0, 0.05) is 9.64 Å². The van der Waals surface area contributed by atoms with Crippen molar-refractivity contribution in [1.29, 1.82) is 0 Å². The van der Waals surface area contributed by atoms with E-state index in [1.165, 1.54) is 6.07 Å². The van der Waals surface area contributed by atoms with Gasteiger partial charge in [0.25, 0.3) is 0 Å². The first kappa shape index (κ1) is 12.1. The van der Waals surface area contributed by atoms with E-state index in [4.69, 9.17) is 10.5 Å². The maximum Gasteiger partial charge on any atom is 0.162 e. The van der Waals surface area contributed by atoms with Gasteiger partial charge in [-0.3, -0.25) is 0 Å². The fourth-order valence-electron chi connectivity index (χ4n) is 1.28. The van der Waals surface area contributed by atoms with Crippen LogP contribution < -0.4 is 10.5 Å². The van der Waals surface area contributed by atoms with Crippen LogP contribution >= 0.6 is 22.6 Å². The predicted molar refractivity (Wildman–Crippen MR) is 70.0 cm³/mol. The minimum atomic E-state index is -0.952. The molecule has 0 bridgehead atoms. The summed E-state index contributed by atoms with van der Waals surface area (Å²) in [6.07, 6.45) is 0. The van der Waals surface area contributed by atoms with Crippen LogP contribution in [0, 0.1) is 15.2 Å². The largest absolute Gasteiger partial charge is 0.455 e. The normalized spacial score (nSPS) is 10.3. The Hall–Kier alpha value is -1.37. The topological polar surface area (TPSA) is 35.2 Å². The third kappa shape index (κ3) is 2.85. The lowest BCUT2D eigenvalue weighted by Crippen LogP contribution is -1.93. The fraction of sp³-hybridized carbons (Fsp3) is 0. The van der Waals surface area contributed by atoms with E-state index in [-0.39, 0.29) is 5.75 Å². The molecule has 0 saturated carbocycles. The Balaban J connectivity index is 2.28. The Kier molecular flexibility index (Phi) is 3.46. The summed E-state index contributed by atoms with van der Waals surface area (Å²) in [5.41, 5.74) is 6.19. The maximum atomic E-state index is 13.0. The average Bonchev–Trinajstić information content (AvgIpc) is 2.27. The standard InChI is InChI=1S/C12H8F2INO/c13-9-3-2-8(6-10(9)14)17-12-4-1-7(15)5-11(12)16/h1-6H,16H2. The molecule has 0 heterocycles. The summed E-state index contributed by atoms with van der Waals surface area (Å²) in [5, 5.41) is 0. The van der Waals surface area contributed by atoms with Crippen LogP contribution in [-0.2, 0) is 0 Å². The molecular weight excluding hydrogens is 339 g/mol. The van der Waals surface area contributed by atoms with Crippen molar-refractivity contribution in [2.45, 2.75) is 0 Å². The van der Waals surface area contributed by atoms with Crippen LogP contribution in [0.5, 0.6) is 11.5 Å². The van der Waals surface area contributed by atoms with E-state index in [0.717, 1.165) is 15.7 Å². The quantitative estimate of drug-likeness (QED) is 0.660. The molecule has 2 N–H and O–H groups in total. The van der Waals surface area contributed by atoms with Gasteiger partial charge in [-0.25, -0.2) is 8.78 Å². The summed E-state index contributed by atoms with van der Waals surface area (Å²) < 4.78 is 32.0. The summed E-state index contributed by atoms with van der Waals surface area (Å²) >= 11 is 2.12. The Labute approximate surface area is 111 Å². The van der Waals surface area contributed by atoms with Gasteiger partial charge in [0.05, 0.1) is 5.69 Å². The third-order valence-electron chi connectivity index (χ3n) is 2.09. The van der Waals surface area contributed by atoms with E-state index in [1.807, 2.05) is 6.07 Å². The van der Waals surface area contributed by atoms with E-state index >= 15 is 0 Å². The molecular formula is C12H8F2INO. The molecule has 0 atom stereocenters. The molecule has 88 valence electrons. The maximum absolute atomic E-state index is 13.0. The highest BCUT2D eigenvalue weighted by molar-refractivity contribution is 14.1. The summed E-state index contributed by atoms with van der Waals surface area (Å²) in [7, 11) is 0. The van der Waals surface area contributed by atoms with Crippen LogP contribution in [-0.4, -0.2) is 0 Å². The molecule has 0 aliphatic rings. The molecule has 0 radical (unpaired) electrons. The highest BCUT2D eigenvalue weighted by atomic mass is 127. The zero-order valence-corrected chi connectivity index (χ0v) is 10.7. The van der Waals surface area contributed by atoms with E-state index in [0.29, 0.717) is 11.4 Å². The Morgan fingerprint density at radius 2 is 1.76 bits per heavy atom. The molecule has 0 unspecified atom stereocenters. The van der Waals surface area contributed by atoms with Gasteiger partial charge in [0.2, 0.25) is 0 Å². The van der Waals surface area contributed by atoms with Crippen LogP contribution in [0.2, 0.25) is 0 Å². The number of nitrogen functional groups attached to an aromatic ring is 1. The number of halogens is 3. The van der Waals surface area contributed by atoms with Crippen molar-refractivity contribution >= 4 is 28.3 Å². The lowest BCUT2D eigenvalue weighted by Gasteiger charge is -2.08. The minimum Gasteiger partial charge on any atom is -0.455 e. The molecule has 2 aromatic carbocycles. The van der Waals surface area contributed by atoms with Crippen molar-refractivity contribution in [1.82, 2.24) is 0 Å². The molecule has 17 heavy (non-hydrogen) atoms. The zero-order chi connectivity index (χ0) is 12.4. The second kappa shape index (κ2) is 4.87. The first-order valence-electron chi connectivity index (χ1n) is 4.74. The summed E-state index contributed by atoms with van der Waals surface area (Å²) in [6.45, 7) is 0. The molecule has 0 fully saturated rings. The number of rotatable bonds is 2. The zero-order valence-electron chi connectivity index (χ0n) is 8.58. The monoisotopic (exact) mass is 347 g/mol. The van der Waals surface area contributed by atoms with Crippen LogP contribution in [0.3, 0.4) is 0 Å². The summed E-state index contributed by atoms with van der Waals surface area (Å²) in [4.78, 5) is 0. The summed E-state index contributed by atoms with van der Waals surface area (Å²) in [6, 6.07) is 8.55. The molecule has 0 saturated heterocycles. The Bertz CT molecular complexity index is 560. The number of anilines is 1. The van der Waals surface area contributed by atoms with E-state index < -0.39 is 11.6 Å². The summed E-state index contributed by atoms with van der Waals surface area (Å²) in [5.74, 6) is -1.24. The smallest absolute Gasteiger partial charge is 0.162 e. The number of hydrogen-bond donors (Lipinski definition) is 1. The second-order valence-electron chi connectivity index (χ2n) is 3.36. The molecule has 0 aliphatic carbocycles. The van der Waals surface area contributed by atoms with Gasteiger partial charge >= 0.3 is 0 Å². The highest BCUT2D eigenvalue weighted by Gasteiger charge is 2.06. The average molecular weight is 347 g/mol. The first-order chi connectivity index (χ1) is 8.06. The fourth-order valence-corrected chi connectivity index (χ4v) is 1.79. The van der Waals surface area contributed by atoms with Crippen LogP contribution in [0.4, 0.5) is 14.5 Å². The molecule has 2 aromatic rings. The van der Waals surface area contributed by atoms with Gasteiger partial charge in [-0.1, -0.05) is 0 Å². The van der Waals surface area contributed by atoms with Crippen molar-refractivity contribution in [3.05, 3.63) is 51.6 Å². The van der Waals surface area contributed by atoms with Gasteiger partial charge in [-0.2, -0.15) is 0 Å². The molecule has 0 aliphatic heterocycles. The van der Waals surface area contributed by atoms with Crippen LogP contribution in [0.1, 0.15) is 0 Å². The van der Waals surface area contributed by atoms with E-state index in [9.17, 15) is 8.78 Å². The molecule has 2 rings (SSSR count). The molecule has 0 spiro atoms. The Morgan fingerprint density at radius 1 is 1.00 bits per heavy atom. The third-order valence-corrected chi connectivity index (χ3v) is 2.76. The van der Waals surface area contributed by atoms with Gasteiger partial charge in [0.1, 0.15) is 11.5 Å². The van der Waals surface area contributed by atoms with Crippen molar-refractivity contribution in [2.24, 2.45) is 0 Å². The SMILES string of the molecule is Nc1cc(I)ccc1Oc1ccc(F)c(F)c1. The number of nitrogens with two attached hydrogens (primary N) is 1. The van der Waals surface area contributed by atoms with Gasteiger partial charge in [-0.15, -0.1) is 0 Å². The lowest BCUT2D eigenvalue weighted by atomic mass is 10.3. The number of hydrogen-bond acceptors (Lipinski definition) is 2. The minimum absolute atomic E-state index is 0.205.